The van der Waals surface area contributed by atoms with Gasteiger partial charge >= 0.3 is 0 Å². The first-order valence-electron chi connectivity index (χ1n) is 8.30. The van der Waals surface area contributed by atoms with Crippen LogP contribution in [0.25, 0.3) is 0 Å². The predicted molar refractivity (Wildman–Crippen MR) is 89.7 cm³/mol. The fourth-order valence-electron chi connectivity index (χ4n) is 3.76. The summed E-state index contributed by atoms with van der Waals surface area (Å²) < 4.78 is 0. The van der Waals surface area contributed by atoms with Crippen LogP contribution in [0.5, 0.6) is 0 Å². The van der Waals surface area contributed by atoms with E-state index in [1.165, 1.54) is 6.33 Å². The summed E-state index contributed by atoms with van der Waals surface area (Å²) in [6.45, 7) is 4.27. The van der Waals surface area contributed by atoms with Crippen molar-refractivity contribution in [2.24, 2.45) is 5.41 Å². The molecule has 2 fully saturated rings. The molecule has 0 saturated carbocycles. The lowest BCUT2D eigenvalue weighted by atomic mass is 9.78. The van der Waals surface area contributed by atoms with Crippen LogP contribution in [0.3, 0.4) is 0 Å². The fraction of sp³-hybridized carbons (Fsp3) is 0.471. The lowest BCUT2D eigenvalue weighted by molar-refractivity contribution is -0.126. The van der Waals surface area contributed by atoms with Gasteiger partial charge < -0.3 is 9.80 Å². The molecule has 1 unspecified atom stereocenters. The average molecular weight is 324 g/mol. The van der Waals surface area contributed by atoms with Crippen LogP contribution in [-0.2, 0) is 4.79 Å². The number of hydrogen-bond donors (Lipinski definition) is 0. The van der Waals surface area contributed by atoms with Gasteiger partial charge in [0, 0.05) is 19.6 Å². The molecule has 0 aliphatic carbocycles. The van der Waals surface area contributed by atoms with Crippen LogP contribution in [0.4, 0.5) is 11.5 Å². The topological polar surface area (TPSA) is 75.1 Å². The molecule has 0 N–H and O–H groups in total. The van der Waals surface area contributed by atoms with Crippen molar-refractivity contribution >= 4 is 17.4 Å². The highest BCUT2D eigenvalue weighted by Crippen LogP contribution is 2.42. The Morgan fingerprint density at radius 1 is 1.08 bits per heavy atom. The molecule has 4 rings (SSSR count). The van der Waals surface area contributed by atoms with Gasteiger partial charge in [-0.05, 0) is 38.3 Å². The zero-order valence-corrected chi connectivity index (χ0v) is 13.7. The summed E-state index contributed by atoms with van der Waals surface area (Å²) in [5, 5.41) is 8.44. The standard InChI is InChI=1S/C17H20N6O/c1-13-3-4-15(21-20-13)22-7-2-5-17(11-22)6-8-23(16(17)24)14-9-18-12-19-10-14/h3-4,9-10,12H,2,5-8,11H2,1H3. The van der Waals surface area contributed by atoms with Crippen LogP contribution in [0.1, 0.15) is 25.0 Å². The van der Waals surface area contributed by atoms with Crippen LogP contribution < -0.4 is 9.80 Å². The van der Waals surface area contributed by atoms with Gasteiger partial charge in [0.15, 0.2) is 5.82 Å². The van der Waals surface area contributed by atoms with E-state index in [1.807, 2.05) is 24.0 Å². The number of hydrogen-bond acceptors (Lipinski definition) is 6. The van der Waals surface area contributed by atoms with Gasteiger partial charge in [-0.1, -0.05) is 0 Å². The summed E-state index contributed by atoms with van der Waals surface area (Å²) in [5.74, 6) is 1.04. The van der Waals surface area contributed by atoms with Gasteiger partial charge in [0.05, 0.1) is 29.2 Å². The normalized spacial score (nSPS) is 24.0. The first kappa shape index (κ1) is 15.0. The maximum atomic E-state index is 13.1. The molecular weight excluding hydrogens is 304 g/mol. The van der Waals surface area contributed by atoms with Crippen molar-refractivity contribution in [3.8, 4) is 0 Å². The molecule has 124 valence electrons. The smallest absolute Gasteiger partial charge is 0.235 e. The highest BCUT2D eigenvalue weighted by atomic mass is 16.2. The van der Waals surface area contributed by atoms with E-state index < -0.39 is 0 Å². The number of carbonyl (C=O) groups excluding carboxylic acids is 1. The predicted octanol–water partition coefficient (Wildman–Crippen LogP) is 1.60. The third-order valence-corrected chi connectivity index (χ3v) is 5.06. The molecule has 2 aliphatic heterocycles. The molecule has 1 amide bonds. The lowest BCUT2D eigenvalue weighted by Gasteiger charge is -2.39. The second-order valence-electron chi connectivity index (χ2n) is 6.64. The van der Waals surface area contributed by atoms with Gasteiger partial charge in [-0.3, -0.25) is 4.79 Å². The molecule has 2 aromatic heterocycles. The van der Waals surface area contributed by atoms with Gasteiger partial charge in [0.1, 0.15) is 6.33 Å². The van der Waals surface area contributed by atoms with E-state index in [0.29, 0.717) is 6.54 Å². The number of carbonyl (C=O) groups is 1. The van der Waals surface area contributed by atoms with Gasteiger partial charge in [-0.2, -0.15) is 5.10 Å². The Morgan fingerprint density at radius 3 is 2.67 bits per heavy atom. The molecule has 24 heavy (non-hydrogen) atoms. The number of anilines is 2. The molecule has 7 heteroatoms. The molecule has 0 aromatic carbocycles. The highest BCUT2D eigenvalue weighted by Gasteiger charge is 2.49. The largest absolute Gasteiger partial charge is 0.354 e. The van der Waals surface area contributed by atoms with Crippen molar-refractivity contribution in [3.05, 3.63) is 36.5 Å². The van der Waals surface area contributed by atoms with Crippen LogP contribution >= 0.6 is 0 Å². The Hall–Kier alpha value is -2.57. The van der Waals surface area contributed by atoms with Gasteiger partial charge in [0.25, 0.3) is 0 Å². The number of piperidine rings is 1. The van der Waals surface area contributed by atoms with Gasteiger partial charge in [0.2, 0.25) is 5.91 Å². The summed E-state index contributed by atoms with van der Waals surface area (Å²) in [5.41, 5.74) is 1.35. The molecular formula is C17H20N6O. The van der Waals surface area contributed by atoms with Crippen LogP contribution in [0.2, 0.25) is 0 Å². The average Bonchev–Trinajstić information content (AvgIpc) is 2.93. The van der Waals surface area contributed by atoms with E-state index in [0.717, 1.165) is 49.6 Å². The van der Waals surface area contributed by atoms with Crippen molar-refractivity contribution < 1.29 is 4.79 Å². The number of amides is 1. The second kappa shape index (κ2) is 5.81. The van der Waals surface area contributed by atoms with E-state index in [1.54, 1.807) is 12.4 Å². The minimum atomic E-state index is -0.333. The molecule has 4 heterocycles. The van der Waals surface area contributed by atoms with Crippen LogP contribution in [0.15, 0.2) is 30.9 Å². The molecule has 2 aliphatic rings. The summed E-state index contributed by atoms with van der Waals surface area (Å²) in [6, 6.07) is 3.96. The maximum absolute atomic E-state index is 13.1. The second-order valence-corrected chi connectivity index (χ2v) is 6.64. The zero-order chi connectivity index (χ0) is 16.6. The highest BCUT2D eigenvalue weighted by molar-refractivity contribution is 6.00. The van der Waals surface area contributed by atoms with E-state index in [4.69, 9.17) is 0 Å². The first-order valence-corrected chi connectivity index (χ1v) is 8.30. The monoisotopic (exact) mass is 324 g/mol. The van der Waals surface area contributed by atoms with Crippen molar-refractivity contribution in [1.29, 1.82) is 0 Å². The Labute approximate surface area is 140 Å². The Bertz CT molecular complexity index is 735. The SMILES string of the molecule is Cc1ccc(N2CCCC3(CCN(c4cncnc4)C3=O)C2)nn1. The molecule has 7 nitrogen and oxygen atoms in total. The molecule has 0 radical (unpaired) electrons. The maximum Gasteiger partial charge on any atom is 0.235 e. The first-order chi connectivity index (χ1) is 11.7. The summed E-state index contributed by atoms with van der Waals surface area (Å²) in [7, 11) is 0. The zero-order valence-electron chi connectivity index (χ0n) is 13.7. The van der Waals surface area contributed by atoms with Gasteiger partial charge in [-0.25, -0.2) is 9.97 Å². The fourth-order valence-corrected chi connectivity index (χ4v) is 3.76. The van der Waals surface area contributed by atoms with E-state index >= 15 is 0 Å². The van der Waals surface area contributed by atoms with Crippen molar-refractivity contribution in [1.82, 2.24) is 20.2 Å². The molecule has 1 spiro atoms. The Kier molecular flexibility index (Phi) is 3.63. The van der Waals surface area contributed by atoms with Crippen molar-refractivity contribution in [2.45, 2.75) is 26.2 Å². The summed E-state index contributed by atoms with van der Waals surface area (Å²) in [4.78, 5) is 25.2. The van der Waals surface area contributed by atoms with Crippen molar-refractivity contribution in [3.63, 3.8) is 0 Å². The number of rotatable bonds is 2. The summed E-state index contributed by atoms with van der Waals surface area (Å²) >= 11 is 0. The number of nitrogens with zero attached hydrogens (tertiary/aromatic N) is 6. The quantitative estimate of drug-likeness (QED) is 0.835. The number of aryl methyl sites for hydroxylation is 1. The van der Waals surface area contributed by atoms with E-state index in [2.05, 4.69) is 25.1 Å². The minimum absolute atomic E-state index is 0.182. The number of aromatic nitrogens is 4. The third-order valence-electron chi connectivity index (χ3n) is 5.06. The summed E-state index contributed by atoms with van der Waals surface area (Å²) in [6.07, 6.45) is 7.66. The molecule has 0 bridgehead atoms. The van der Waals surface area contributed by atoms with Crippen LogP contribution in [-0.4, -0.2) is 45.7 Å². The Balaban J connectivity index is 1.57. The molecule has 1 atom stereocenters. The van der Waals surface area contributed by atoms with Crippen LogP contribution in [0, 0.1) is 12.3 Å². The third kappa shape index (κ3) is 2.50. The van der Waals surface area contributed by atoms with Gasteiger partial charge in [-0.15, -0.1) is 5.10 Å². The molecule has 2 aromatic rings. The van der Waals surface area contributed by atoms with E-state index in [9.17, 15) is 4.79 Å². The van der Waals surface area contributed by atoms with Crippen molar-refractivity contribution in [2.75, 3.05) is 29.4 Å². The Morgan fingerprint density at radius 2 is 1.92 bits per heavy atom. The van der Waals surface area contributed by atoms with E-state index in [-0.39, 0.29) is 11.3 Å². The lowest BCUT2D eigenvalue weighted by Crippen LogP contribution is -2.48. The minimum Gasteiger partial charge on any atom is -0.354 e. The molecule has 2 saturated heterocycles.